The van der Waals surface area contributed by atoms with Gasteiger partial charge in [-0.3, -0.25) is 0 Å². The van der Waals surface area contributed by atoms with Crippen LogP contribution in [-0.4, -0.2) is 6.71 Å². The van der Waals surface area contributed by atoms with Gasteiger partial charge in [0.1, 0.15) is 0 Å². The second-order valence-corrected chi connectivity index (χ2v) is 27.2. The molecule has 0 atom stereocenters. The molecule has 0 aliphatic carbocycles. The zero-order chi connectivity index (χ0) is 49.9. The van der Waals surface area contributed by atoms with Gasteiger partial charge >= 0.3 is 0 Å². The Hall–Kier alpha value is -5.96. The monoisotopic (exact) mass is 1010 g/mol. The quantitative estimate of drug-likeness (QED) is 0.159. The number of thiophene rings is 4. The summed E-state index contributed by atoms with van der Waals surface area (Å²) in [6.07, 6.45) is 0. The highest BCUT2D eigenvalue weighted by molar-refractivity contribution is 7.40. The molecule has 356 valence electrons. The van der Waals surface area contributed by atoms with Gasteiger partial charge in [0.25, 0.3) is 6.71 Å². The molecule has 4 aromatic heterocycles. The van der Waals surface area contributed by atoms with Crippen molar-refractivity contribution in [2.45, 2.75) is 99.8 Å². The highest BCUT2D eigenvalue weighted by Gasteiger charge is 2.48. The molecule has 0 saturated heterocycles. The van der Waals surface area contributed by atoms with Crippen LogP contribution in [-0.2, 0) is 10.8 Å². The van der Waals surface area contributed by atoms with Crippen LogP contribution in [0.5, 0.6) is 0 Å². The lowest BCUT2D eigenvalue weighted by atomic mass is 9.39. The number of anilines is 6. The van der Waals surface area contributed by atoms with Crippen molar-refractivity contribution in [3.05, 3.63) is 172 Å². The minimum atomic E-state index is -0.0137. The molecule has 0 fully saturated rings. The zero-order valence-electron chi connectivity index (χ0n) is 43.4. The van der Waals surface area contributed by atoms with Crippen LogP contribution in [0.15, 0.2) is 133 Å². The third-order valence-corrected chi connectivity index (χ3v) is 20.5. The maximum Gasteiger partial charge on any atom is 0.277 e. The van der Waals surface area contributed by atoms with Crippen molar-refractivity contribution in [2.24, 2.45) is 0 Å². The van der Waals surface area contributed by atoms with Crippen molar-refractivity contribution in [3.63, 3.8) is 0 Å². The molecule has 7 heteroatoms. The van der Waals surface area contributed by atoms with Crippen LogP contribution in [0.4, 0.5) is 34.1 Å². The van der Waals surface area contributed by atoms with E-state index >= 15 is 0 Å². The van der Waals surface area contributed by atoms with Crippen molar-refractivity contribution in [1.82, 2.24) is 0 Å². The Labute approximate surface area is 441 Å². The van der Waals surface area contributed by atoms with Crippen LogP contribution in [0.1, 0.15) is 100 Å². The van der Waals surface area contributed by atoms with Gasteiger partial charge in [-0.25, -0.2) is 0 Å². The highest BCUT2D eigenvalue weighted by atomic mass is 32.1. The molecular formula is C65H59BN2S4. The smallest absolute Gasteiger partial charge is 0.277 e. The maximum absolute atomic E-state index is 2.75. The Morgan fingerprint density at radius 2 is 0.875 bits per heavy atom. The van der Waals surface area contributed by atoms with Gasteiger partial charge < -0.3 is 9.80 Å². The van der Waals surface area contributed by atoms with Gasteiger partial charge in [-0.1, -0.05) is 128 Å². The van der Waals surface area contributed by atoms with E-state index in [1.807, 2.05) is 45.3 Å². The minimum Gasteiger partial charge on any atom is -0.309 e. The summed E-state index contributed by atoms with van der Waals surface area (Å²) in [5.41, 5.74) is 21.1. The Balaban J connectivity index is 1.17. The number of rotatable bonds is 5. The van der Waals surface area contributed by atoms with Crippen molar-refractivity contribution >= 4 is 142 Å². The Bertz CT molecular complexity index is 3750. The van der Waals surface area contributed by atoms with E-state index < -0.39 is 0 Å². The molecular weight excluding hydrogens is 948 g/mol. The summed E-state index contributed by atoms with van der Waals surface area (Å²) in [6, 6.07) is 51.9. The van der Waals surface area contributed by atoms with Crippen molar-refractivity contribution < 1.29 is 0 Å². The SMILES string of the molecule is Cc1ccc(-c2cc3ccccc3s2)c(C)c1N1c2cc(C(C)C)cc3c2B(c2sc4ccc(C(C)(C)C)cc4c21)c1sc2ccc(C(C)(C)C)cc2c1N3c1c(C)ccc(-c2cc3ccccc3s2)c1C. The van der Waals surface area contributed by atoms with Gasteiger partial charge in [0.15, 0.2) is 0 Å². The lowest BCUT2D eigenvalue weighted by Gasteiger charge is -2.44. The summed E-state index contributed by atoms with van der Waals surface area (Å²) in [5.74, 6) is 0.286. The third-order valence-electron chi connectivity index (χ3n) is 15.8. The van der Waals surface area contributed by atoms with E-state index in [-0.39, 0.29) is 23.5 Å². The van der Waals surface area contributed by atoms with E-state index in [0.717, 1.165) is 0 Å². The third kappa shape index (κ3) is 6.90. The topological polar surface area (TPSA) is 6.48 Å². The molecule has 0 bridgehead atoms. The van der Waals surface area contributed by atoms with E-state index in [9.17, 15) is 0 Å². The molecule has 2 aliphatic heterocycles. The molecule has 0 N–H and O–H groups in total. The van der Waals surface area contributed by atoms with Crippen LogP contribution < -0.4 is 24.8 Å². The lowest BCUT2D eigenvalue weighted by molar-refractivity contribution is 0.591. The fourth-order valence-electron chi connectivity index (χ4n) is 11.8. The fraction of sp³-hybridized carbons (Fsp3) is 0.231. The van der Waals surface area contributed by atoms with E-state index in [1.165, 1.54) is 149 Å². The highest BCUT2D eigenvalue weighted by Crippen LogP contribution is 2.55. The summed E-state index contributed by atoms with van der Waals surface area (Å²) in [7, 11) is 0. The predicted octanol–water partition coefficient (Wildman–Crippen LogP) is 18.9. The first-order chi connectivity index (χ1) is 34.4. The van der Waals surface area contributed by atoms with Gasteiger partial charge in [0, 0.05) is 60.3 Å². The first kappa shape index (κ1) is 45.9. The number of nitrogens with zero attached hydrogens (tertiary/aromatic N) is 2. The first-order valence-corrected chi connectivity index (χ1v) is 28.8. The van der Waals surface area contributed by atoms with Crippen molar-refractivity contribution in [1.29, 1.82) is 0 Å². The molecule has 0 radical (unpaired) electrons. The van der Waals surface area contributed by atoms with Crippen molar-refractivity contribution in [3.8, 4) is 20.9 Å². The number of hydrogen-bond donors (Lipinski definition) is 0. The largest absolute Gasteiger partial charge is 0.309 e. The summed E-state index contributed by atoms with van der Waals surface area (Å²) in [5, 5.41) is 5.29. The Morgan fingerprint density at radius 3 is 1.28 bits per heavy atom. The minimum absolute atomic E-state index is 0.0137. The summed E-state index contributed by atoms with van der Waals surface area (Å²) in [4.78, 5) is 8.14. The van der Waals surface area contributed by atoms with Crippen LogP contribution in [0, 0.1) is 27.7 Å². The van der Waals surface area contributed by atoms with Gasteiger partial charge in [-0.2, -0.15) is 0 Å². The molecule has 6 heterocycles. The molecule has 2 aliphatic rings. The van der Waals surface area contributed by atoms with Crippen LogP contribution in [0.25, 0.3) is 61.2 Å². The van der Waals surface area contributed by atoms with E-state index in [0.29, 0.717) is 0 Å². The molecule has 72 heavy (non-hydrogen) atoms. The van der Waals surface area contributed by atoms with E-state index in [4.69, 9.17) is 0 Å². The average molecular weight is 1010 g/mol. The number of benzene rings is 7. The van der Waals surface area contributed by atoms with Crippen molar-refractivity contribution in [2.75, 3.05) is 9.80 Å². The van der Waals surface area contributed by atoms with E-state index in [2.05, 4.69) is 226 Å². The maximum atomic E-state index is 2.75. The molecule has 13 rings (SSSR count). The summed E-state index contributed by atoms with van der Waals surface area (Å²) < 4.78 is 8.20. The second-order valence-electron chi connectivity index (χ2n) is 22.9. The first-order valence-electron chi connectivity index (χ1n) is 25.5. The average Bonchev–Trinajstić information content (AvgIpc) is 4.14. The fourth-order valence-corrected chi connectivity index (χ4v) is 16.8. The standard InChI is InChI=1S/C65H59BN2S4/c1-35(2)42-29-49-57-50(30-42)68(59-37(4)22-26-46(39(59)6)56-32-41-18-14-16-20-52(41)70-56)61-48-34-44(65(10,11)12)24-28-54(48)72-63(61)66(57)62-60(47-33-43(64(7,8)9)23-27-53(47)71-62)67(49)58-36(3)21-25-45(38(58)5)55-31-40-17-13-15-19-51(40)69-55/h13-35H,1-12H3. The molecule has 7 aromatic carbocycles. The number of fused-ring (bicyclic) bond motifs is 10. The molecule has 0 saturated carbocycles. The summed E-state index contributed by atoms with van der Waals surface area (Å²) >= 11 is 7.84. The zero-order valence-corrected chi connectivity index (χ0v) is 46.6. The summed E-state index contributed by atoms with van der Waals surface area (Å²) in [6.45, 7) is 28.4. The molecule has 11 aromatic rings. The van der Waals surface area contributed by atoms with Gasteiger partial charge in [0.2, 0.25) is 0 Å². The number of aryl methyl sites for hydroxylation is 2. The lowest BCUT2D eigenvalue weighted by Crippen LogP contribution is -2.59. The van der Waals surface area contributed by atoms with Crippen LogP contribution in [0.3, 0.4) is 0 Å². The van der Waals surface area contributed by atoms with Gasteiger partial charge in [-0.15, -0.1) is 45.3 Å². The molecule has 0 spiro atoms. The Kier molecular flexibility index (Phi) is 10.4. The normalized spacial score (nSPS) is 13.6. The van der Waals surface area contributed by atoms with Crippen LogP contribution >= 0.6 is 45.3 Å². The molecule has 0 amide bonds. The molecule has 0 unspecified atom stereocenters. The predicted molar refractivity (Wildman–Crippen MR) is 323 cm³/mol. The second kappa shape index (κ2) is 16.3. The van der Waals surface area contributed by atoms with Gasteiger partial charge in [0.05, 0.1) is 22.7 Å². The molecule has 2 nitrogen and oxygen atoms in total. The Morgan fingerprint density at radius 1 is 0.444 bits per heavy atom. The number of hydrogen-bond acceptors (Lipinski definition) is 6. The van der Waals surface area contributed by atoms with E-state index in [1.54, 1.807) is 0 Å². The van der Waals surface area contributed by atoms with Crippen LogP contribution in [0.2, 0.25) is 0 Å². The van der Waals surface area contributed by atoms with Gasteiger partial charge in [-0.05, 0) is 171 Å².